The Morgan fingerprint density at radius 1 is 1.29 bits per heavy atom. The van der Waals surface area contributed by atoms with Crippen LogP contribution in [0, 0.1) is 0 Å². The van der Waals surface area contributed by atoms with Crippen molar-refractivity contribution in [3.63, 3.8) is 0 Å². The molecule has 1 atom stereocenters. The number of rotatable bonds is 5. The molecule has 2 fully saturated rings. The molecule has 1 N–H and O–H groups in total. The highest BCUT2D eigenvalue weighted by Crippen LogP contribution is 2.33. The number of likely N-dealkylation sites (tertiary alicyclic amines) is 1. The van der Waals surface area contributed by atoms with Gasteiger partial charge in [-0.1, -0.05) is 28.1 Å². The van der Waals surface area contributed by atoms with E-state index in [1.165, 1.54) is 16.9 Å². The molecule has 130 valence electrons. The lowest BCUT2D eigenvalue weighted by Gasteiger charge is -2.25. The maximum Gasteiger partial charge on any atom is 0.325 e. The monoisotopic (exact) mass is 393 g/mol. The Bertz CT molecular complexity index is 647. The minimum absolute atomic E-state index is 0.127. The largest absolute Gasteiger partial charge is 0.325 e. The van der Waals surface area contributed by atoms with Gasteiger partial charge in [-0.15, -0.1) is 0 Å². The predicted octanol–water partition coefficient (Wildman–Crippen LogP) is 3.31. The number of nitrogens with zero attached hydrogens (tertiary/aromatic N) is 2. The van der Waals surface area contributed by atoms with E-state index in [1.807, 2.05) is 6.07 Å². The predicted molar refractivity (Wildman–Crippen MR) is 96.6 cm³/mol. The summed E-state index contributed by atoms with van der Waals surface area (Å²) in [5, 5.41) is 2.73. The van der Waals surface area contributed by atoms with Gasteiger partial charge in [0.15, 0.2) is 0 Å². The average molecular weight is 394 g/mol. The molecular formula is C18H24BrN3O2. The van der Waals surface area contributed by atoms with Crippen molar-refractivity contribution in [3.8, 4) is 0 Å². The Balaban J connectivity index is 1.57. The van der Waals surface area contributed by atoms with Crippen LogP contribution in [0.25, 0.3) is 0 Å². The van der Waals surface area contributed by atoms with E-state index in [2.05, 4.69) is 44.3 Å². The minimum atomic E-state index is -0.774. The van der Waals surface area contributed by atoms with Gasteiger partial charge >= 0.3 is 6.03 Å². The third-order valence-electron chi connectivity index (χ3n) is 4.87. The van der Waals surface area contributed by atoms with Gasteiger partial charge in [-0.25, -0.2) is 4.79 Å². The lowest BCUT2D eigenvalue weighted by Crippen LogP contribution is -2.40. The summed E-state index contributed by atoms with van der Waals surface area (Å²) in [7, 11) is 0. The van der Waals surface area contributed by atoms with Gasteiger partial charge in [0, 0.05) is 23.6 Å². The zero-order valence-corrected chi connectivity index (χ0v) is 15.8. The number of urea groups is 1. The highest BCUT2D eigenvalue weighted by molar-refractivity contribution is 9.10. The molecule has 2 aliphatic heterocycles. The van der Waals surface area contributed by atoms with Gasteiger partial charge in [-0.05, 0) is 57.4 Å². The SMILES string of the molecule is CC1(C)NC(=O)N(CCCN2CCC[C@H]2c2cccc(Br)c2)C1=O. The molecule has 0 aliphatic carbocycles. The standard InChI is InChI=1S/C18H24BrN3O2/c1-18(2)16(23)22(17(24)20-18)11-5-10-21-9-4-8-15(21)13-6-3-7-14(19)12-13/h3,6-7,12,15H,4-5,8-11H2,1-2H3,(H,20,24)/t15-/m0/s1. The number of hydrogen-bond donors (Lipinski definition) is 1. The summed E-state index contributed by atoms with van der Waals surface area (Å²) >= 11 is 3.54. The van der Waals surface area contributed by atoms with Crippen molar-refractivity contribution < 1.29 is 9.59 Å². The molecule has 6 heteroatoms. The van der Waals surface area contributed by atoms with Crippen LogP contribution in [0.4, 0.5) is 4.79 Å². The average Bonchev–Trinajstić information content (AvgIpc) is 3.05. The molecule has 5 nitrogen and oxygen atoms in total. The molecule has 0 unspecified atom stereocenters. The third kappa shape index (κ3) is 3.49. The summed E-state index contributed by atoms with van der Waals surface area (Å²) in [5.41, 5.74) is 0.557. The van der Waals surface area contributed by atoms with Crippen LogP contribution in [0.5, 0.6) is 0 Å². The van der Waals surface area contributed by atoms with E-state index < -0.39 is 5.54 Å². The number of hydrogen-bond acceptors (Lipinski definition) is 3. The number of nitrogens with one attached hydrogen (secondary N) is 1. The molecule has 3 rings (SSSR count). The molecular weight excluding hydrogens is 370 g/mol. The van der Waals surface area contributed by atoms with E-state index in [0.717, 1.165) is 30.4 Å². The Labute approximate surface area is 151 Å². The summed E-state index contributed by atoms with van der Waals surface area (Å²) in [6.45, 7) is 5.95. The van der Waals surface area contributed by atoms with Crippen molar-refractivity contribution in [2.24, 2.45) is 0 Å². The topological polar surface area (TPSA) is 52.7 Å². The van der Waals surface area contributed by atoms with Crippen LogP contribution in [0.2, 0.25) is 0 Å². The van der Waals surface area contributed by atoms with Crippen LogP contribution in [-0.2, 0) is 4.79 Å². The second kappa shape index (κ2) is 6.84. The summed E-state index contributed by atoms with van der Waals surface area (Å²) in [6, 6.07) is 8.64. The van der Waals surface area contributed by atoms with Gasteiger partial charge in [0.1, 0.15) is 5.54 Å². The highest BCUT2D eigenvalue weighted by Gasteiger charge is 2.43. The number of imide groups is 1. The first-order valence-corrected chi connectivity index (χ1v) is 9.31. The number of benzene rings is 1. The van der Waals surface area contributed by atoms with Crippen molar-refractivity contribution in [2.45, 2.75) is 44.7 Å². The van der Waals surface area contributed by atoms with Crippen LogP contribution in [-0.4, -0.2) is 46.9 Å². The van der Waals surface area contributed by atoms with E-state index >= 15 is 0 Å². The van der Waals surface area contributed by atoms with Crippen LogP contribution >= 0.6 is 15.9 Å². The Kier molecular flexibility index (Phi) is 4.97. The summed E-state index contributed by atoms with van der Waals surface area (Å²) < 4.78 is 1.11. The first-order valence-electron chi connectivity index (χ1n) is 8.52. The third-order valence-corrected chi connectivity index (χ3v) is 5.36. The molecule has 0 radical (unpaired) electrons. The quantitative estimate of drug-likeness (QED) is 0.780. The normalized spacial score (nSPS) is 23.8. The molecule has 3 amide bonds. The fraction of sp³-hybridized carbons (Fsp3) is 0.556. The lowest BCUT2D eigenvalue weighted by atomic mass is 10.0. The van der Waals surface area contributed by atoms with E-state index in [4.69, 9.17) is 0 Å². The van der Waals surface area contributed by atoms with E-state index in [9.17, 15) is 9.59 Å². The first kappa shape index (κ1) is 17.4. The van der Waals surface area contributed by atoms with Crippen molar-refractivity contribution >= 4 is 27.9 Å². The molecule has 0 bridgehead atoms. The molecule has 1 aromatic carbocycles. The van der Waals surface area contributed by atoms with E-state index in [1.54, 1.807) is 13.8 Å². The Hall–Kier alpha value is -1.40. The van der Waals surface area contributed by atoms with Gasteiger partial charge < -0.3 is 5.32 Å². The summed E-state index contributed by atoms with van der Waals surface area (Å²) in [4.78, 5) is 28.0. The molecule has 2 heterocycles. The van der Waals surface area contributed by atoms with Gasteiger partial charge in [0.25, 0.3) is 5.91 Å². The second-order valence-corrected chi connectivity index (χ2v) is 8.03. The molecule has 0 saturated carbocycles. The maximum absolute atomic E-state index is 12.2. The van der Waals surface area contributed by atoms with E-state index in [-0.39, 0.29) is 11.9 Å². The van der Waals surface area contributed by atoms with Crippen molar-refractivity contribution in [1.82, 2.24) is 15.1 Å². The molecule has 1 aromatic rings. The maximum atomic E-state index is 12.2. The van der Waals surface area contributed by atoms with Gasteiger partial charge in [0.05, 0.1) is 0 Å². The van der Waals surface area contributed by atoms with Crippen molar-refractivity contribution in [1.29, 1.82) is 0 Å². The van der Waals surface area contributed by atoms with Crippen LogP contribution in [0.1, 0.15) is 44.7 Å². The van der Waals surface area contributed by atoms with Crippen molar-refractivity contribution in [2.75, 3.05) is 19.6 Å². The first-order chi connectivity index (χ1) is 11.4. The van der Waals surface area contributed by atoms with Gasteiger partial charge in [-0.2, -0.15) is 0 Å². The van der Waals surface area contributed by atoms with Crippen LogP contribution in [0.15, 0.2) is 28.7 Å². The van der Waals surface area contributed by atoms with Crippen LogP contribution in [0.3, 0.4) is 0 Å². The lowest BCUT2D eigenvalue weighted by molar-refractivity contribution is -0.130. The number of carbonyl (C=O) groups is 2. The molecule has 24 heavy (non-hydrogen) atoms. The highest BCUT2D eigenvalue weighted by atomic mass is 79.9. The molecule has 0 aromatic heterocycles. The fourth-order valence-electron chi connectivity index (χ4n) is 3.64. The molecule has 0 spiro atoms. The van der Waals surface area contributed by atoms with Crippen LogP contribution < -0.4 is 5.32 Å². The number of amides is 3. The van der Waals surface area contributed by atoms with E-state index in [0.29, 0.717) is 12.6 Å². The minimum Gasteiger partial charge on any atom is -0.324 e. The Morgan fingerprint density at radius 2 is 2.08 bits per heavy atom. The number of halogens is 1. The zero-order valence-electron chi connectivity index (χ0n) is 14.2. The smallest absolute Gasteiger partial charge is 0.324 e. The zero-order chi connectivity index (χ0) is 17.3. The summed E-state index contributed by atoms with van der Waals surface area (Å²) in [5.74, 6) is -0.127. The molecule has 2 aliphatic rings. The van der Waals surface area contributed by atoms with Crippen molar-refractivity contribution in [3.05, 3.63) is 34.3 Å². The summed E-state index contributed by atoms with van der Waals surface area (Å²) in [6.07, 6.45) is 3.15. The van der Waals surface area contributed by atoms with Gasteiger partial charge in [0.2, 0.25) is 0 Å². The molecule has 2 saturated heterocycles. The Morgan fingerprint density at radius 3 is 2.75 bits per heavy atom. The van der Waals surface area contributed by atoms with Gasteiger partial charge in [-0.3, -0.25) is 14.6 Å². The number of carbonyl (C=O) groups excluding carboxylic acids is 2. The fourth-order valence-corrected chi connectivity index (χ4v) is 4.05. The second-order valence-electron chi connectivity index (χ2n) is 7.11.